The second kappa shape index (κ2) is 11.3. The Morgan fingerprint density at radius 1 is 1.02 bits per heavy atom. The Hall–Kier alpha value is -3.16. The average Bonchev–Trinajstić information content (AvgIpc) is 3.56. The monoisotopic (exact) mass is 555 g/mol. The zero-order chi connectivity index (χ0) is 28.7. The number of carbonyl (C=O) groups is 2. The fourth-order valence-corrected chi connectivity index (χ4v) is 7.95. The molecule has 4 N–H and O–H groups in total. The quantitative estimate of drug-likeness (QED) is 0.406. The predicted molar refractivity (Wildman–Crippen MR) is 164 cm³/mol. The number of nitrogens with zero attached hydrogens (tertiary/aromatic N) is 2. The van der Waals surface area contributed by atoms with Gasteiger partial charge >= 0.3 is 0 Å². The third-order valence-corrected chi connectivity index (χ3v) is 10.4. The van der Waals surface area contributed by atoms with Gasteiger partial charge in [0.2, 0.25) is 11.8 Å². The fourth-order valence-electron chi connectivity index (χ4n) is 7.95. The van der Waals surface area contributed by atoms with E-state index in [2.05, 4.69) is 76.9 Å². The van der Waals surface area contributed by atoms with Gasteiger partial charge < -0.3 is 20.9 Å². The lowest BCUT2D eigenvalue weighted by Gasteiger charge is -2.45. The van der Waals surface area contributed by atoms with Crippen LogP contribution in [0, 0.1) is 5.92 Å². The Morgan fingerprint density at radius 3 is 2.44 bits per heavy atom. The second-order valence-electron chi connectivity index (χ2n) is 13.0. The van der Waals surface area contributed by atoms with E-state index in [0.717, 1.165) is 63.6 Å². The van der Waals surface area contributed by atoms with Crippen molar-refractivity contribution in [2.45, 2.75) is 81.3 Å². The molecule has 1 aromatic heterocycles. The highest BCUT2D eigenvalue weighted by Gasteiger charge is 2.49. The van der Waals surface area contributed by atoms with E-state index in [1.165, 1.54) is 22.1 Å². The zero-order valence-electron chi connectivity index (χ0n) is 24.7. The van der Waals surface area contributed by atoms with Gasteiger partial charge in [0.15, 0.2) is 0 Å². The number of fused-ring (bicyclic) bond motifs is 3. The molecule has 2 heterocycles. The molecule has 2 fully saturated rings. The maximum Gasteiger partial charge on any atom is 0.229 e. The van der Waals surface area contributed by atoms with Gasteiger partial charge in [0.05, 0.1) is 12.1 Å². The Kier molecular flexibility index (Phi) is 7.68. The molecule has 3 aliphatic rings. The average molecular weight is 556 g/mol. The zero-order valence-corrected chi connectivity index (χ0v) is 24.7. The standard InChI is InChI=1S/C34H45N5O2/c1-22(28-21-36-30-11-7-5-9-26(28)30)31(37-32(40)23-12-14-24(35)15-13-23)39-18-16-34(17-19-39)20-27(33(41)38(2)3)25-8-4-6-10-29(25)34/h4-11,21-24,27,31,36H,12-20,35H2,1-3H3,(H,37,40)/t22-,23?,24?,27-,31+/m1/s1. The Morgan fingerprint density at radius 2 is 1.71 bits per heavy atom. The molecule has 1 spiro atoms. The van der Waals surface area contributed by atoms with Gasteiger partial charge in [0, 0.05) is 62.2 Å². The highest BCUT2D eigenvalue weighted by molar-refractivity contribution is 5.86. The number of hydrogen-bond acceptors (Lipinski definition) is 4. The number of piperidine rings is 1. The van der Waals surface area contributed by atoms with Gasteiger partial charge in [0.25, 0.3) is 0 Å². The first-order valence-electron chi connectivity index (χ1n) is 15.4. The summed E-state index contributed by atoms with van der Waals surface area (Å²) in [7, 11) is 3.72. The number of H-pyrrole nitrogens is 1. The minimum absolute atomic E-state index is 0.00150. The molecule has 2 aliphatic carbocycles. The number of rotatable bonds is 6. The summed E-state index contributed by atoms with van der Waals surface area (Å²) >= 11 is 0. The van der Waals surface area contributed by atoms with Crippen molar-refractivity contribution in [2.24, 2.45) is 11.7 Å². The lowest BCUT2D eigenvalue weighted by atomic mass is 9.73. The van der Waals surface area contributed by atoms with E-state index in [1.807, 2.05) is 14.1 Å². The highest BCUT2D eigenvalue weighted by Crippen LogP contribution is 2.52. The van der Waals surface area contributed by atoms with Crippen LogP contribution >= 0.6 is 0 Å². The molecule has 41 heavy (non-hydrogen) atoms. The molecule has 2 aromatic carbocycles. The molecule has 3 aromatic rings. The first kappa shape index (κ1) is 28.0. The van der Waals surface area contributed by atoms with E-state index in [4.69, 9.17) is 5.73 Å². The minimum atomic E-state index is -0.106. The van der Waals surface area contributed by atoms with E-state index in [0.29, 0.717) is 0 Å². The number of aromatic nitrogens is 1. The van der Waals surface area contributed by atoms with Crippen molar-refractivity contribution in [3.05, 3.63) is 71.4 Å². The summed E-state index contributed by atoms with van der Waals surface area (Å²) < 4.78 is 0. The van der Waals surface area contributed by atoms with Crippen LogP contribution in [0.2, 0.25) is 0 Å². The Balaban J connectivity index is 1.25. The summed E-state index contributed by atoms with van der Waals surface area (Å²) in [5.74, 6) is 0.418. The second-order valence-corrected chi connectivity index (χ2v) is 13.0. The molecule has 3 atom stereocenters. The van der Waals surface area contributed by atoms with Gasteiger partial charge in [-0.05, 0) is 73.1 Å². The van der Waals surface area contributed by atoms with Crippen molar-refractivity contribution >= 4 is 22.7 Å². The molecular formula is C34H45N5O2. The van der Waals surface area contributed by atoms with Crippen LogP contribution in [0.15, 0.2) is 54.7 Å². The maximum atomic E-state index is 13.7. The first-order chi connectivity index (χ1) is 19.8. The van der Waals surface area contributed by atoms with Crippen LogP contribution in [-0.2, 0) is 15.0 Å². The molecule has 6 rings (SSSR count). The van der Waals surface area contributed by atoms with Crippen molar-refractivity contribution < 1.29 is 9.59 Å². The van der Waals surface area contributed by atoms with Crippen molar-refractivity contribution in [2.75, 3.05) is 27.2 Å². The van der Waals surface area contributed by atoms with Crippen molar-refractivity contribution in [1.29, 1.82) is 0 Å². The molecule has 0 unspecified atom stereocenters. The summed E-state index contributed by atoms with van der Waals surface area (Å²) in [6.45, 7) is 4.01. The van der Waals surface area contributed by atoms with Crippen LogP contribution in [0.3, 0.4) is 0 Å². The normalized spacial score (nSPS) is 25.5. The van der Waals surface area contributed by atoms with Gasteiger partial charge in [-0.3, -0.25) is 14.5 Å². The molecule has 2 amide bonds. The van der Waals surface area contributed by atoms with Crippen molar-refractivity contribution in [3.8, 4) is 0 Å². The van der Waals surface area contributed by atoms with Gasteiger partial charge in [-0.2, -0.15) is 0 Å². The minimum Gasteiger partial charge on any atom is -0.361 e. The van der Waals surface area contributed by atoms with E-state index in [9.17, 15) is 9.59 Å². The van der Waals surface area contributed by atoms with Crippen LogP contribution in [0.25, 0.3) is 10.9 Å². The molecule has 218 valence electrons. The van der Waals surface area contributed by atoms with Gasteiger partial charge in [-0.25, -0.2) is 0 Å². The molecule has 1 saturated heterocycles. The number of benzene rings is 2. The number of likely N-dealkylation sites (N-methyl/N-ethyl adjacent to an activating group) is 1. The van der Waals surface area contributed by atoms with Gasteiger partial charge in [-0.1, -0.05) is 49.4 Å². The largest absolute Gasteiger partial charge is 0.361 e. The van der Waals surface area contributed by atoms with Gasteiger partial charge in [0.1, 0.15) is 0 Å². The number of amides is 2. The number of carbonyl (C=O) groups excluding carboxylic acids is 2. The number of likely N-dealkylation sites (tertiary alicyclic amines) is 1. The first-order valence-corrected chi connectivity index (χ1v) is 15.4. The van der Waals surface area contributed by atoms with Crippen LogP contribution in [-0.4, -0.2) is 66.0 Å². The summed E-state index contributed by atoms with van der Waals surface area (Å²) in [4.78, 5) is 34.5. The summed E-state index contributed by atoms with van der Waals surface area (Å²) in [5, 5.41) is 4.75. The number of nitrogens with one attached hydrogen (secondary N) is 2. The van der Waals surface area contributed by atoms with E-state index in [1.54, 1.807) is 4.90 Å². The highest BCUT2D eigenvalue weighted by atomic mass is 16.2. The predicted octanol–water partition coefficient (Wildman–Crippen LogP) is 4.84. The van der Waals surface area contributed by atoms with Crippen molar-refractivity contribution in [3.63, 3.8) is 0 Å². The van der Waals surface area contributed by atoms with E-state index in [-0.39, 0.29) is 47.2 Å². The number of aromatic amines is 1. The molecule has 0 bridgehead atoms. The summed E-state index contributed by atoms with van der Waals surface area (Å²) in [6, 6.07) is 17.2. The molecule has 1 saturated carbocycles. The molecule has 7 nitrogen and oxygen atoms in total. The Labute approximate surface area is 243 Å². The molecule has 0 radical (unpaired) electrons. The Bertz CT molecular complexity index is 1400. The smallest absolute Gasteiger partial charge is 0.229 e. The van der Waals surface area contributed by atoms with E-state index >= 15 is 0 Å². The van der Waals surface area contributed by atoms with Crippen LogP contribution < -0.4 is 11.1 Å². The number of nitrogens with two attached hydrogens (primary N) is 1. The van der Waals surface area contributed by atoms with Crippen molar-refractivity contribution in [1.82, 2.24) is 20.1 Å². The van der Waals surface area contributed by atoms with Crippen LogP contribution in [0.4, 0.5) is 0 Å². The maximum absolute atomic E-state index is 13.7. The molecular weight excluding hydrogens is 510 g/mol. The topological polar surface area (TPSA) is 94.5 Å². The molecule has 1 aliphatic heterocycles. The van der Waals surface area contributed by atoms with Crippen LogP contribution in [0.1, 0.15) is 80.4 Å². The lowest BCUT2D eigenvalue weighted by molar-refractivity contribution is -0.131. The lowest BCUT2D eigenvalue weighted by Crippen LogP contribution is -2.56. The third kappa shape index (κ3) is 5.19. The summed E-state index contributed by atoms with van der Waals surface area (Å²) in [6.07, 6.45) is 8.39. The fraction of sp³-hybridized carbons (Fsp3) is 0.529. The summed E-state index contributed by atoms with van der Waals surface area (Å²) in [5.41, 5.74) is 11.1. The number of hydrogen-bond donors (Lipinski definition) is 3. The van der Waals surface area contributed by atoms with Crippen LogP contribution in [0.5, 0.6) is 0 Å². The number of para-hydroxylation sites is 1. The van der Waals surface area contributed by atoms with Gasteiger partial charge in [-0.15, -0.1) is 0 Å². The SMILES string of the molecule is C[C@H](c1c[nH]c2ccccc12)[C@@H](NC(=O)C1CCC(N)CC1)N1CCC2(CC1)C[C@@H](C(=O)N(C)C)c1ccccc12. The third-order valence-electron chi connectivity index (χ3n) is 10.4. The molecule has 7 heteroatoms. The van der Waals surface area contributed by atoms with E-state index < -0.39 is 0 Å².